The highest BCUT2D eigenvalue weighted by Crippen LogP contribution is 2.30. The van der Waals surface area contributed by atoms with Crippen molar-refractivity contribution < 1.29 is 8.42 Å². The van der Waals surface area contributed by atoms with Gasteiger partial charge < -0.3 is 4.57 Å². The van der Waals surface area contributed by atoms with Crippen LogP contribution in [0.1, 0.15) is 44.3 Å². The van der Waals surface area contributed by atoms with Crippen LogP contribution in [0.4, 0.5) is 0 Å². The van der Waals surface area contributed by atoms with E-state index in [1.807, 2.05) is 7.05 Å². The van der Waals surface area contributed by atoms with Crippen LogP contribution < -0.4 is 0 Å². The van der Waals surface area contributed by atoms with Crippen molar-refractivity contribution >= 4 is 21.6 Å². The van der Waals surface area contributed by atoms with Gasteiger partial charge in [-0.3, -0.25) is 0 Å². The first-order valence-electron chi connectivity index (χ1n) is 8.25. The third-order valence-corrected chi connectivity index (χ3v) is 7.98. The van der Waals surface area contributed by atoms with E-state index in [9.17, 15) is 8.42 Å². The molecule has 0 spiro atoms. The van der Waals surface area contributed by atoms with Crippen LogP contribution in [0.5, 0.6) is 0 Å². The lowest BCUT2D eigenvalue weighted by Crippen LogP contribution is -2.11. The number of sulfone groups is 1. The van der Waals surface area contributed by atoms with Crippen LogP contribution in [0.2, 0.25) is 0 Å². The number of hydrogen-bond acceptors (Lipinski definition) is 5. The van der Waals surface area contributed by atoms with Gasteiger partial charge in [0.15, 0.2) is 15.0 Å². The second-order valence-corrected chi connectivity index (χ2v) is 9.96. The van der Waals surface area contributed by atoms with Gasteiger partial charge >= 0.3 is 0 Å². The minimum Gasteiger partial charge on any atom is -0.309 e. The number of thioether (sulfide) groups is 1. The van der Waals surface area contributed by atoms with E-state index in [0.29, 0.717) is 11.5 Å². The Morgan fingerprint density at radius 1 is 1.14 bits per heavy atom. The van der Waals surface area contributed by atoms with Crippen molar-refractivity contribution in [3.63, 3.8) is 0 Å². The molecule has 1 atom stereocenters. The molecule has 1 aliphatic heterocycles. The fraction of sp³-hybridized carbons (Fsp3) is 0.867. The van der Waals surface area contributed by atoms with Crippen molar-refractivity contribution in [3.8, 4) is 0 Å². The molecular weight excluding hydrogens is 318 g/mol. The van der Waals surface area contributed by atoms with Crippen LogP contribution >= 0.6 is 11.8 Å². The predicted octanol–water partition coefficient (Wildman–Crippen LogP) is 2.46. The topological polar surface area (TPSA) is 64.8 Å². The van der Waals surface area contributed by atoms with Crippen molar-refractivity contribution in [2.24, 2.45) is 18.9 Å². The predicted molar refractivity (Wildman–Crippen MR) is 88.8 cm³/mol. The van der Waals surface area contributed by atoms with Crippen LogP contribution in [-0.2, 0) is 23.3 Å². The average Bonchev–Trinajstić information content (AvgIpc) is 3.02. The molecule has 0 N–H and O–H groups in total. The zero-order chi connectivity index (χ0) is 15.6. The maximum atomic E-state index is 11.6. The maximum absolute atomic E-state index is 11.6. The van der Waals surface area contributed by atoms with Crippen LogP contribution in [-0.4, -0.2) is 40.4 Å². The third-order valence-electron chi connectivity index (χ3n) is 4.90. The Labute approximate surface area is 137 Å². The summed E-state index contributed by atoms with van der Waals surface area (Å²) >= 11 is 1.80. The van der Waals surface area contributed by atoms with E-state index in [2.05, 4.69) is 14.8 Å². The van der Waals surface area contributed by atoms with E-state index in [1.54, 1.807) is 11.8 Å². The molecular formula is C15H25N3O2S2. The Morgan fingerprint density at radius 3 is 2.59 bits per heavy atom. The molecule has 1 unspecified atom stereocenters. The van der Waals surface area contributed by atoms with E-state index in [1.165, 1.54) is 32.1 Å². The monoisotopic (exact) mass is 343 g/mol. The molecule has 2 heterocycles. The number of rotatable bonds is 5. The maximum Gasteiger partial charge on any atom is 0.190 e. The Kier molecular flexibility index (Phi) is 5.12. The minimum atomic E-state index is -2.81. The van der Waals surface area contributed by atoms with Gasteiger partial charge in [-0.05, 0) is 31.1 Å². The van der Waals surface area contributed by atoms with Crippen LogP contribution in [0, 0.1) is 11.8 Å². The first-order valence-corrected chi connectivity index (χ1v) is 11.1. The normalized spacial score (nSPS) is 25.6. The lowest BCUT2D eigenvalue weighted by molar-refractivity contribution is 0.390. The molecule has 1 aromatic rings. The second kappa shape index (κ2) is 6.91. The smallest absolute Gasteiger partial charge is 0.190 e. The Morgan fingerprint density at radius 2 is 1.91 bits per heavy atom. The molecule has 1 aromatic heterocycles. The summed E-state index contributed by atoms with van der Waals surface area (Å²) in [5.74, 6) is 3.73. The molecule has 124 valence electrons. The summed E-state index contributed by atoms with van der Waals surface area (Å²) in [5.41, 5.74) is 0. The molecule has 22 heavy (non-hydrogen) atoms. The molecule has 1 saturated carbocycles. The number of aromatic nitrogens is 3. The van der Waals surface area contributed by atoms with Gasteiger partial charge in [0.1, 0.15) is 5.82 Å². The largest absolute Gasteiger partial charge is 0.309 e. The standard InChI is InChI=1S/C15H25N3O2S2/c1-18-14(9-13-7-8-22(19,20)11-13)16-17-15(18)21-10-12-5-3-2-4-6-12/h12-13H,2-11H2,1H3. The summed E-state index contributed by atoms with van der Waals surface area (Å²) in [4.78, 5) is 0. The van der Waals surface area contributed by atoms with Gasteiger partial charge in [-0.1, -0.05) is 31.0 Å². The molecule has 0 aromatic carbocycles. The molecule has 7 heteroatoms. The second-order valence-electron chi connectivity index (χ2n) is 6.75. The summed E-state index contributed by atoms with van der Waals surface area (Å²) in [6, 6.07) is 0. The van der Waals surface area contributed by atoms with Gasteiger partial charge in [-0.2, -0.15) is 0 Å². The van der Waals surface area contributed by atoms with Crippen LogP contribution in [0.15, 0.2) is 5.16 Å². The molecule has 1 saturated heterocycles. The first kappa shape index (κ1) is 16.3. The lowest BCUT2D eigenvalue weighted by Gasteiger charge is -2.20. The summed E-state index contributed by atoms with van der Waals surface area (Å²) < 4.78 is 25.2. The van der Waals surface area contributed by atoms with Crippen molar-refractivity contribution in [2.45, 2.75) is 50.1 Å². The van der Waals surface area contributed by atoms with Crippen LogP contribution in [0.3, 0.4) is 0 Å². The molecule has 0 amide bonds. The summed E-state index contributed by atoms with van der Waals surface area (Å²) in [5, 5.41) is 9.57. The zero-order valence-electron chi connectivity index (χ0n) is 13.2. The fourth-order valence-electron chi connectivity index (χ4n) is 3.49. The van der Waals surface area contributed by atoms with Gasteiger partial charge in [0, 0.05) is 19.2 Å². The van der Waals surface area contributed by atoms with Gasteiger partial charge in [-0.15, -0.1) is 10.2 Å². The van der Waals surface area contributed by atoms with E-state index in [4.69, 9.17) is 0 Å². The molecule has 1 aliphatic carbocycles. The highest BCUT2D eigenvalue weighted by molar-refractivity contribution is 7.99. The lowest BCUT2D eigenvalue weighted by atomic mass is 9.91. The quantitative estimate of drug-likeness (QED) is 0.769. The van der Waals surface area contributed by atoms with E-state index in [0.717, 1.165) is 35.5 Å². The van der Waals surface area contributed by atoms with Gasteiger partial charge in [0.2, 0.25) is 0 Å². The highest BCUT2D eigenvalue weighted by atomic mass is 32.2. The molecule has 2 aliphatic rings. The van der Waals surface area contributed by atoms with Gasteiger partial charge in [-0.25, -0.2) is 8.42 Å². The fourth-order valence-corrected chi connectivity index (χ4v) is 6.46. The molecule has 2 fully saturated rings. The molecule has 5 nitrogen and oxygen atoms in total. The van der Waals surface area contributed by atoms with Crippen molar-refractivity contribution in [1.82, 2.24) is 14.8 Å². The summed E-state index contributed by atoms with van der Waals surface area (Å²) in [7, 11) is -0.807. The molecule has 0 bridgehead atoms. The molecule has 0 radical (unpaired) electrons. The Balaban J connectivity index is 1.55. The van der Waals surface area contributed by atoms with Crippen LogP contribution in [0.25, 0.3) is 0 Å². The highest BCUT2D eigenvalue weighted by Gasteiger charge is 2.29. The van der Waals surface area contributed by atoms with Gasteiger partial charge in [0.05, 0.1) is 11.5 Å². The zero-order valence-corrected chi connectivity index (χ0v) is 14.8. The third kappa shape index (κ3) is 4.04. The average molecular weight is 344 g/mol. The Hall–Kier alpha value is -0.560. The molecule has 3 rings (SSSR count). The van der Waals surface area contributed by atoms with E-state index < -0.39 is 9.84 Å². The van der Waals surface area contributed by atoms with Crippen molar-refractivity contribution in [3.05, 3.63) is 5.82 Å². The first-order chi connectivity index (χ1) is 10.5. The van der Waals surface area contributed by atoms with Gasteiger partial charge in [0.25, 0.3) is 0 Å². The minimum absolute atomic E-state index is 0.212. The summed E-state index contributed by atoms with van der Waals surface area (Å²) in [6.45, 7) is 0. The van der Waals surface area contributed by atoms with Crippen molar-refractivity contribution in [1.29, 1.82) is 0 Å². The summed E-state index contributed by atoms with van der Waals surface area (Å²) in [6.07, 6.45) is 8.30. The van der Waals surface area contributed by atoms with E-state index in [-0.39, 0.29) is 5.92 Å². The Bertz CT molecular complexity index is 606. The SMILES string of the molecule is Cn1c(CC2CCS(=O)(=O)C2)nnc1SCC1CCCCC1. The number of nitrogens with zero attached hydrogens (tertiary/aromatic N) is 3. The number of hydrogen-bond donors (Lipinski definition) is 0. The van der Waals surface area contributed by atoms with Crippen molar-refractivity contribution in [2.75, 3.05) is 17.3 Å². The van der Waals surface area contributed by atoms with E-state index >= 15 is 0 Å².